The topological polar surface area (TPSA) is 33.9 Å². The highest BCUT2D eigenvalue weighted by atomic mass is 15.2. The van der Waals surface area contributed by atoms with Gasteiger partial charge in [-0.05, 0) is 82.1 Å². The van der Waals surface area contributed by atoms with Crippen LogP contribution in [0.2, 0.25) is 0 Å². The van der Waals surface area contributed by atoms with Crippen LogP contribution in [0.15, 0.2) is 170 Å². The van der Waals surface area contributed by atoms with Gasteiger partial charge in [-0.1, -0.05) is 115 Å². The summed E-state index contributed by atoms with van der Waals surface area (Å²) in [6.45, 7) is 0. The normalized spacial score (nSPS) is 17.3. The summed E-state index contributed by atoms with van der Waals surface area (Å²) < 4.78 is 4.86. The Morgan fingerprint density at radius 1 is 0.423 bits per heavy atom. The summed E-state index contributed by atoms with van der Waals surface area (Å²) in [5, 5.41) is 15.5. The van der Waals surface area contributed by atoms with Gasteiger partial charge in [0.2, 0.25) is 0 Å². The molecule has 0 saturated carbocycles. The molecule has 7 aromatic carbocycles. The highest BCUT2D eigenvalue weighted by molar-refractivity contribution is 6.19. The fourth-order valence-corrected chi connectivity index (χ4v) is 9.11. The lowest BCUT2D eigenvalue weighted by atomic mass is 9.91. The Morgan fingerprint density at radius 2 is 1.04 bits per heavy atom. The SMILES string of the molecule is C1=CC2NC3=C(NC2C=C1)n1c2ccc(-c4ccc5c(c4)c4ccccc4n5-c4ccccc4)cc2c2cccc(c21)-c1cc2ccccc2cc13. The van der Waals surface area contributed by atoms with Crippen molar-refractivity contribution < 1.29 is 0 Å². The Bertz CT molecular complexity index is 3080. The number of hydrogen-bond donors (Lipinski definition) is 2. The molecule has 0 amide bonds. The Kier molecular flexibility index (Phi) is 5.58. The maximum Gasteiger partial charge on any atom is 0.136 e. The molecule has 4 nitrogen and oxygen atoms in total. The number of nitrogens with one attached hydrogen (secondary N) is 2. The number of para-hydroxylation sites is 3. The van der Waals surface area contributed by atoms with Gasteiger partial charge in [-0.2, -0.15) is 0 Å². The number of nitrogens with zero attached hydrogens (tertiary/aromatic N) is 2. The first-order chi connectivity index (χ1) is 25.8. The molecule has 9 aromatic rings. The lowest BCUT2D eigenvalue weighted by Crippen LogP contribution is -2.51. The average molecular weight is 665 g/mol. The van der Waals surface area contributed by atoms with Crippen LogP contribution in [0.1, 0.15) is 5.56 Å². The molecule has 0 spiro atoms. The summed E-state index contributed by atoms with van der Waals surface area (Å²) in [5.74, 6) is 1.10. The molecular formula is C48H32N4. The lowest BCUT2D eigenvalue weighted by Gasteiger charge is -2.36. The molecule has 0 fully saturated rings. The molecule has 0 radical (unpaired) electrons. The molecule has 52 heavy (non-hydrogen) atoms. The second-order valence-electron chi connectivity index (χ2n) is 14.3. The van der Waals surface area contributed by atoms with Gasteiger partial charge in [-0.15, -0.1) is 0 Å². The molecule has 3 aliphatic rings. The van der Waals surface area contributed by atoms with E-state index in [0.717, 1.165) is 11.5 Å². The van der Waals surface area contributed by atoms with Crippen LogP contribution in [-0.2, 0) is 0 Å². The lowest BCUT2D eigenvalue weighted by molar-refractivity contribution is 0.545. The average Bonchev–Trinajstić information content (AvgIpc) is 3.69. The largest absolute Gasteiger partial charge is 0.373 e. The van der Waals surface area contributed by atoms with Crippen molar-refractivity contribution in [3.8, 4) is 27.9 Å². The molecule has 2 atom stereocenters. The quantitative estimate of drug-likeness (QED) is 0.193. The third kappa shape index (κ3) is 3.81. The first-order valence-corrected chi connectivity index (χ1v) is 18.1. The summed E-state index contributed by atoms with van der Waals surface area (Å²) in [6.07, 6.45) is 8.84. The molecule has 244 valence electrons. The van der Waals surface area contributed by atoms with E-state index in [9.17, 15) is 0 Å². The maximum atomic E-state index is 4.00. The van der Waals surface area contributed by atoms with Crippen LogP contribution >= 0.6 is 0 Å². The van der Waals surface area contributed by atoms with E-state index < -0.39 is 0 Å². The van der Waals surface area contributed by atoms with Crippen LogP contribution in [0.25, 0.3) is 93.8 Å². The van der Waals surface area contributed by atoms with E-state index in [1.54, 1.807) is 0 Å². The second kappa shape index (κ2) is 10.4. The van der Waals surface area contributed by atoms with Crippen LogP contribution in [0.5, 0.6) is 0 Å². The number of rotatable bonds is 2. The molecule has 0 bridgehead atoms. The van der Waals surface area contributed by atoms with Gasteiger partial charge in [0.1, 0.15) is 5.82 Å². The molecule has 2 aromatic heterocycles. The standard InChI is InChI=1S/C48H32N4/c1-2-13-33(14-3-1)51-43-20-9-6-15-34(43)38-26-31(21-23-44(38)51)32-22-24-45-39(27-32)36-17-10-16-35-37-25-29-11-4-5-12-30(29)28-40(37)46-48(52(45)47(35)36)50-42-19-8-7-18-41(42)49-46/h1-28,41-42,49-50H. The number of hydrogen-bond acceptors (Lipinski definition) is 2. The first-order valence-electron chi connectivity index (χ1n) is 18.1. The Labute approximate surface area is 300 Å². The van der Waals surface area contributed by atoms with Gasteiger partial charge in [-0.25, -0.2) is 0 Å². The smallest absolute Gasteiger partial charge is 0.136 e. The second-order valence-corrected chi connectivity index (χ2v) is 14.3. The van der Waals surface area contributed by atoms with E-state index in [1.807, 2.05) is 0 Å². The number of benzene rings is 7. The monoisotopic (exact) mass is 664 g/mol. The minimum absolute atomic E-state index is 0.148. The highest BCUT2D eigenvalue weighted by Gasteiger charge is 2.34. The summed E-state index contributed by atoms with van der Waals surface area (Å²) >= 11 is 0. The van der Waals surface area contributed by atoms with Gasteiger partial charge >= 0.3 is 0 Å². The van der Waals surface area contributed by atoms with Gasteiger partial charge in [0.25, 0.3) is 0 Å². The van der Waals surface area contributed by atoms with Crippen molar-refractivity contribution in [3.63, 3.8) is 0 Å². The number of fused-ring (bicyclic) bond motifs is 12. The van der Waals surface area contributed by atoms with Crippen molar-refractivity contribution >= 4 is 65.9 Å². The minimum atomic E-state index is 0.148. The van der Waals surface area contributed by atoms with Crippen molar-refractivity contribution in [3.05, 3.63) is 175 Å². The van der Waals surface area contributed by atoms with Crippen molar-refractivity contribution in [2.24, 2.45) is 0 Å². The Hall–Kier alpha value is -6.78. The minimum Gasteiger partial charge on any atom is -0.373 e. The highest BCUT2D eigenvalue weighted by Crippen LogP contribution is 2.47. The van der Waals surface area contributed by atoms with Crippen molar-refractivity contribution in [2.45, 2.75) is 12.1 Å². The Balaban J connectivity index is 1.11. The van der Waals surface area contributed by atoms with Gasteiger partial charge in [0.05, 0.1) is 39.8 Å². The van der Waals surface area contributed by atoms with Crippen molar-refractivity contribution in [2.75, 3.05) is 0 Å². The molecule has 4 heteroatoms. The third-order valence-electron chi connectivity index (χ3n) is 11.5. The Morgan fingerprint density at radius 3 is 1.83 bits per heavy atom. The fraction of sp³-hybridized carbons (Fsp3) is 0.0417. The summed E-state index contributed by atoms with van der Waals surface area (Å²) in [5.41, 5.74) is 13.3. The van der Waals surface area contributed by atoms with Gasteiger partial charge in [0, 0.05) is 38.4 Å². The van der Waals surface area contributed by atoms with Crippen LogP contribution in [0.4, 0.5) is 0 Å². The third-order valence-corrected chi connectivity index (χ3v) is 11.5. The molecule has 2 aliphatic heterocycles. The van der Waals surface area contributed by atoms with E-state index in [2.05, 4.69) is 190 Å². The maximum absolute atomic E-state index is 4.00. The predicted octanol–water partition coefficient (Wildman–Crippen LogP) is 11.0. The molecule has 1 aliphatic carbocycles. The van der Waals surface area contributed by atoms with Gasteiger partial charge in [-0.3, -0.25) is 4.57 Å². The van der Waals surface area contributed by atoms with E-state index in [4.69, 9.17) is 0 Å². The van der Waals surface area contributed by atoms with Crippen molar-refractivity contribution in [1.82, 2.24) is 19.8 Å². The molecule has 2 N–H and O–H groups in total. The predicted molar refractivity (Wildman–Crippen MR) is 217 cm³/mol. The first kappa shape index (κ1) is 28.0. The number of aromatic nitrogens is 2. The van der Waals surface area contributed by atoms with Gasteiger partial charge in [0.15, 0.2) is 0 Å². The van der Waals surface area contributed by atoms with Crippen LogP contribution in [-0.4, -0.2) is 21.2 Å². The molecule has 4 heterocycles. The van der Waals surface area contributed by atoms with Crippen LogP contribution in [0, 0.1) is 0 Å². The zero-order valence-electron chi connectivity index (χ0n) is 28.2. The molecule has 0 saturated heterocycles. The van der Waals surface area contributed by atoms with E-state index in [-0.39, 0.29) is 12.1 Å². The zero-order valence-corrected chi connectivity index (χ0v) is 28.2. The van der Waals surface area contributed by atoms with Gasteiger partial charge < -0.3 is 15.2 Å². The molecule has 12 rings (SSSR count). The van der Waals surface area contributed by atoms with Crippen molar-refractivity contribution in [1.29, 1.82) is 0 Å². The summed E-state index contributed by atoms with van der Waals surface area (Å²) in [6, 6.07) is 54.0. The molecule has 2 unspecified atom stereocenters. The molecular weight excluding hydrogens is 633 g/mol. The van der Waals surface area contributed by atoms with Crippen LogP contribution < -0.4 is 10.6 Å². The number of allylic oxidation sites excluding steroid dienone is 2. The summed E-state index contributed by atoms with van der Waals surface area (Å²) in [4.78, 5) is 0. The van der Waals surface area contributed by atoms with Crippen LogP contribution in [0.3, 0.4) is 0 Å². The zero-order chi connectivity index (χ0) is 33.9. The van der Waals surface area contributed by atoms with E-state index >= 15 is 0 Å². The van der Waals surface area contributed by atoms with E-state index in [1.165, 1.54) is 87.9 Å². The van der Waals surface area contributed by atoms with E-state index in [0.29, 0.717) is 0 Å². The summed E-state index contributed by atoms with van der Waals surface area (Å²) in [7, 11) is 0. The fourth-order valence-electron chi connectivity index (χ4n) is 9.11.